The number of piperazine rings is 1. The van der Waals surface area contributed by atoms with Crippen molar-refractivity contribution in [1.82, 2.24) is 19.8 Å². The number of nitrogens with zero attached hydrogens (tertiary/aromatic N) is 5. The van der Waals surface area contributed by atoms with Crippen LogP contribution < -0.4 is 14.4 Å². The van der Waals surface area contributed by atoms with Crippen LogP contribution in [0.15, 0.2) is 90.1 Å². The molecular formula is C36H40ClN5O3S. The molecular weight excluding hydrogens is 618 g/mol. The largest absolute Gasteiger partial charge is 0.493 e. The number of anilines is 1. The second-order valence-corrected chi connectivity index (χ2v) is 12.4. The maximum Gasteiger partial charge on any atom is 0.253 e. The smallest absolute Gasteiger partial charge is 0.253 e. The number of ether oxygens (including phenoxy) is 2. The standard InChI is InChI=1S/C36H40ClN5O3S/c1-40(18-16-28-14-15-31(44-2)32(24-28)45-3)34-25-33(37)38-36(39-34)46-26-29-11-7-13-30(23-29)35(43)42-21-19-41(20-22-42)17-8-12-27-9-5-4-6-10-27/h4-15,23-25H,16-22,26H2,1-3H3. The highest BCUT2D eigenvalue weighted by molar-refractivity contribution is 7.98. The van der Waals surface area contributed by atoms with Gasteiger partial charge >= 0.3 is 0 Å². The van der Waals surface area contributed by atoms with E-state index in [-0.39, 0.29) is 5.91 Å². The number of carbonyl (C=O) groups excluding carboxylic acids is 1. The first-order valence-electron chi connectivity index (χ1n) is 15.3. The van der Waals surface area contributed by atoms with Crippen LogP contribution in [0.25, 0.3) is 6.08 Å². The van der Waals surface area contributed by atoms with Crippen molar-refractivity contribution in [2.45, 2.75) is 17.3 Å². The molecule has 2 heterocycles. The molecule has 1 amide bonds. The highest BCUT2D eigenvalue weighted by Crippen LogP contribution is 2.28. The highest BCUT2D eigenvalue weighted by atomic mass is 35.5. The zero-order chi connectivity index (χ0) is 32.3. The molecule has 1 aromatic heterocycles. The molecule has 10 heteroatoms. The quantitative estimate of drug-likeness (QED) is 0.0906. The third kappa shape index (κ3) is 9.25. The van der Waals surface area contributed by atoms with Gasteiger partial charge in [-0.15, -0.1) is 0 Å². The van der Waals surface area contributed by atoms with Crippen molar-refractivity contribution in [2.24, 2.45) is 0 Å². The summed E-state index contributed by atoms with van der Waals surface area (Å²) in [6.07, 6.45) is 5.14. The summed E-state index contributed by atoms with van der Waals surface area (Å²) in [5.74, 6) is 2.87. The van der Waals surface area contributed by atoms with Gasteiger partial charge in [0.25, 0.3) is 5.91 Å². The number of amides is 1. The van der Waals surface area contributed by atoms with Gasteiger partial charge in [-0.25, -0.2) is 9.97 Å². The molecule has 1 fully saturated rings. The van der Waals surface area contributed by atoms with E-state index >= 15 is 0 Å². The van der Waals surface area contributed by atoms with Gasteiger partial charge in [0, 0.05) is 63.7 Å². The van der Waals surface area contributed by atoms with E-state index in [1.54, 1.807) is 20.3 Å². The van der Waals surface area contributed by atoms with Crippen LogP contribution >= 0.6 is 23.4 Å². The lowest BCUT2D eigenvalue weighted by atomic mass is 10.1. The van der Waals surface area contributed by atoms with Gasteiger partial charge in [-0.05, 0) is 47.4 Å². The summed E-state index contributed by atoms with van der Waals surface area (Å²) in [6.45, 7) is 4.76. The number of halogens is 1. The molecule has 46 heavy (non-hydrogen) atoms. The summed E-state index contributed by atoms with van der Waals surface area (Å²) in [7, 11) is 5.26. The molecule has 8 nitrogen and oxygen atoms in total. The second kappa shape index (κ2) is 16.5. The van der Waals surface area contributed by atoms with Crippen molar-refractivity contribution >= 4 is 41.2 Å². The second-order valence-electron chi connectivity index (χ2n) is 11.1. The van der Waals surface area contributed by atoms with E-state index in [1.165, 1.54) is 17.3 Å². The lowest BCUT2D eigenvalue weighted by molar-refractivity contribution is 0.0650. The normalized spacial score (nSPS) is 13.6. The van der Waals surface area contributed by atoms with Crippen LogP contribution in [-0.4, -0.2) is 86.2 Å². The molecule has 0 saturated carbocycles. The monoisotopic (exact) mass is 657 g/mol. The van der Waals surface area contributed by atoms with Gasteiger partial charge in [0.1, 0.15) is 11.0 Å². The van der Waals surface area contributed by atoms with Crippen LogP contribution in [0.4, 0.5) is 5.82 Å². The number of thioether (sulfide) groups is 1. The topological polar surface area (TPSA) is 71.0 Å². The van der Waals surface area contributed by atoms with Crippen LogP contribution in [0.2, 0.25) is 5.15 Å². The van der Waals surface area contributed by atoms with E-state index in [1.807, 2.05) is 72.6 Å². The van der Waals surface area contributed by atoms with E-state index in [2.05, 4.69) is 39.1 Å². The fourth-order valence-electron chi connectivity index (χ4n) is 5.25. The molecule has 3 aromatic carbocycles. The van der Waals surface area contributed by atoms with Gasteiger partial charge in [-0.1, -0.05) is 84.0 Å². The number of methoxy groups -OCH3 is 2. The third-order valence-corrected chi connectivity index (χ3v) is 9.02. The summed E-state index contributed by atoms with van der Waals surface area (Å²) >= 11 is 7.91. The van der Waals surface area contributed by atoms with Gasteiger partial charge in [0.05, 0.1) is 14.2 Å². The molecule has 1 aliphatic heterocycles. The van der Waals surface area contributed by atoms with E-state index < -0.39 is 0 Å². The van der Waals surface area contributed by atoms with E-state index in [0.717, 1.165) is 62.6 Å². The molecule has 0 aliphatic carbocycles. The summed E-state index contributed by atoms with van der Waals surface area (Å²) in [5, 5.41) is 0.985. The minimum atomic E-state index is 0.0729. The maximum absolute atomic E-state index is 13.4. The Morgan fingerprint density at radius 1 is 0.913 bits per heavy atom. The van der Waals surface area contributed by atoms with Gasteiger partial charge in [0.2, 0.25) is 0 Å². The molecule has 0 bridgehead atoms. The number of likely N-dealkylation sites (N-methyl/N-ethyl adjacent to an activating group) is 1. The first-order valence-corrected chi connectivity index (χ1v) is 16.7. The summed E-state index contributed by atoms with van der Waals surface area (Å²) in [5.41, 5.74) is 4.07. The number of carbonyl (C=O) groups is 1. The first kappa shape index (κ1) is 33.3. The number of benzene rings is 3. The van der Waals surface area contributed by atoms with Crippen molar-refractivity contribution in [3.63, 3.8) is 0 Å². The lowest BCUT2D eigenvalue weighted by Gasteiger charge is -2.34. The molecule has 240 valence electrons. The zero-order valence-corrected chi connectivity index (χ0v) is 28.1. The SMILES string of the molecule is COc1ccc(CCN(C)c2cc(Cl)nc(SCc3cccc(C(=O)N4CCN(CC=Cc5ccccc5)CC4)c3)n2)cc1OC. The number of hydrogen-bond donors (Lipinski definition) is 0. The molecule has 5 rings (SSSR count). The van der Waals surface area contributed by atoms with E-state index in [9.17, 15) is 4.79 Å². The molecule has 0 atom stereocenters. The Hall–Kier alpha value is -4.05. The average molecular weight is 658 g/mol. The molecule has 0 N–H and O–H groups in total. The molecule has 1 saturated heterocycles. The molecule has 0 spiro atoms. The van der Waals surface area contributed by atoms with Gasteiger partial charge in [-0.2, -0.15) is 0 Å². The predicted octanol–water partition coefficient (Wildman–Crippen LogP) is 6.59. The summed E-state index contributed by atoms with van der Waals surface area (Å²) in [6, 6.07) is 25.9. The summed E-state index contributed by atoms with van der Waals surface area (Å²) in [4.78, 5) is 29.0. The fourth-order valence-corrected chi connectivity index (χ4v) is 6.28. The van der Waals surface area contributed by atoms with Crippen LogP contribution in [0.1, 0.15) is 27.0 Å². The Morgan fingerprint density at radius 2 is 1.70 bits per heavy atom. The zero-order valence-electron chi connectivity index (χ0n) is 26.6. The lowest BCUT2D eigenvalue weighted by Crippen LogP contribution is -2.48. The van der Waals surface area contributed by atoms with Crippen LogP contribution in [0.3, 0.4) is 0 Å². The third-order valence-electron chi connectivity index (χ3n) is 7.91. The molecule has 4 aromatic rings. The van der Waals surface area contributed by atoms with Gasteiger partial charge in [0.15, 0.2) is 16.7 Å². The summed E-state index contributed by atoms with van der Waals surface area (Å²) < 4.78 is 10.8. The number of aromatic nitrogens is 2. The Balaban J connectivity index is 1.12. The fraction of sp³-hybridized carbons (Fsp3) is 0.306. The minimum absolute atomic E-state index is 0.0729. The Morgan fingerprint density at radius 3 is 2.46 bits per heavy atom. The van der Waals surface area contributed by atoms with Gasteiger partial charge in [-0.3, -0.25) is 9.69 Å². The Bertz CT molecular complexity index is 1630. The van der Waals surface area contributed by atoms with Crippen molar-refractivity contribution in [3.8, 4) is 11.5 Å². The number of hydrogen-bond acceptors (Lipinski definition) is 8. The maximum atomic E-state index is 13.4. The average Bonchev–Trinajstić information content (AvgIpc) is 3.10. The van der Waals surface area contributed by atoms with E-state index in [0.29, 0.717) is 33.1 Å². The van der Waals surface area contributed by atoms with Crippen molar-refractivity contribution < 1.29 is 14.3 Å². The minimum Gasteiger partial charge on any atom is -0.493 e. The molecule has 0 unspecified atom stereocenters. The first-order chi connectivity index (χ1) is 22.4. The van der Waals surface area contributed by atoms with Crippen molar-refractivity contribution in [2.75, 3.05) is 65.4 Å². The van der Waals surface area contributed by atoms with Crippen molar-refractivity contribution in [1.29, 1.82) is 0 Å². The number of rotatable bonds is 13. The molecule has 0 radical (unpaired) electrons. The van der Waals surface area contributed by atoms with Crippen LogP contribution in [0.5, 0.6) is 11.5 Å². The Labute approximate surface area is 281 Å². The highest BCUT2D eigenvalue weighted by Gasteiger charge is 2.22. The van der Waals surface area contributed by atoms with Crippen molar-refractivity contribution in [3.05, 3.63) is 112 Å². The van der Waals surface area contributed by atoms with Crippen LogP contribution in [0, 0.1) is 0 Å². The van der Waals surface area contributed by atoms with Gasteiger partial charge < -0.3 is 19.3 Å². The van der Waals surface area contributed by atoms with Crippen LogP contribution in [-0.2, 0) is 12.2 Å². The van der Waals surface area contributed by atoms with E-state index in [4.69, 9.17) is 26.1 Å². The molecule has 1 aliphatic rings. The Kier molecular flexibility index (Phi) is 11.9. The predicted molar refractivity (Wildman–Crippen MR) is 187 cm³/mol.